The first-order valence-corrected chi connectivity index (χ1v) is 6.20. The molecule has 2 rings (SSSR count). The molecule has 2 heterocycles. The van der Waals surface area contributed by atoms with Gasteiger partial charge in [0.2, 0.25) is 11.7 Å². The number of aryl methyl sites for hydroxylation is 2. The van der Waals surface area contributed by atoms with Gasteiger partial charge in [-0.3, -0.25) is 0 Å². The van der Waals surface area contributed by atoms with Crippen molar-refractivity contribution in [3.8, 4) is 10.8 Å². The fourth-order valence-corrected chi connectivity index (χ4v) is 2.32. The van der Waals surface area contributed by atoms with Crippen LogP contribution in [0.3, 0.4) is 0 Å². The second kappa shape index (κ2) is 4.71. The van der Waals surface area contributed by atoms with Crippen molar-refractivity contribution in [3.05, 3.63) is 28.5 Å². The van der Waals surface area contributed by atoms with Crippen LogP contribution in [0.5, 0.6) is 0 Å². The Bertz CT molecular complexity index is 542. The zero-order chi connectivity index (χ0) is 12.4. The van der Waals surface area contributed by atoms with Gasteiger partial charge in [0, 0.05) is 0 Å². The van der Waals surface area contributed by atoms with Gasteiger partial charge < -0.3 is 9.15 Å². The van der Waals surface area contributed by atoms with Crippen molar-refractivity contribution in [2.24, 2.45) is 0 Å². The summed E-state index contributed by atoms with van der Waals surface area (Å²) in [5, 5.41) is 1.97. The number of rotatable bonds is 3. The molecule has 0 aliphatic rings. The van der Waals surface area contributed by atoms with Gasteiger partial charge in [0.15, 0.2) is 0 Å². The molecule has 0 saturated heterocycles. The number of nitrogens with zero attached hydrogens (tertiary/aromatic N) is 1. The highest BCUT2D eigenvalue weighted by Crippen LogP contribution is 2.29. The van der Waals surface area contributed by atoms with E-state index in [1.807, 2.05) is 18.4 Å². The average molecular weight is 251 g/mol. The standard InChI is InChI=1S/C12H13NO3S/c1-4-15-12(14)9-8(3)13-11(16-9)10-7(2)5-6-17-10/h5-6H,4H2,1-3H3. The maximum atomic E-state index is 11.6. The highest BCUT2D eigenvalue weighted by Gasteiger charge is 2.20. The van der Waals surface area contributed by atoms with Gasteiger partial charge in [0.25, 0.3) is 0 Å². The summed E-state index contributed by atoms with van der Waals surface area (Å²) < 4.78 is 10.4. The molecule has 2 aromatic rings. The van der Waals surface area contributed by atoms with Crippen LogP contribution in [0.25, 0.3) is 10.8 Å². The van der Waals surface area contributed by atoms with E-state index in [4.69, 9.17) is 9.15 Å². The van der Waals surface area contributed by atoms with E-state index < -0.39 is 5.97 Å². The molecule has 4 nitrogen and oxygen atoms in total. The molecule has 0 spiro atoms. The van der Waals surface area contributed by atoms with Crippen molar-refractivity contribution in [1.29, 1.82) is 0 Å². The van der Waals surface area contributed by atoms with Gasteiger partial charge >= 0.3 is 5.97 Å². The first kappa shape index (κ1) is 11.9. The van der Waals surface area contributed by atoms with Crippen LogP contribution in [-0.2, 0) is 4.74 Å². The van der Waals surface area contributed by atoms with E-state index in [1.54, 1.807) is 25.2 Å². The minimum atomic E-state index is -0.460. The molecule has 0 atom stereocenters. The average Bonchev–Trinajstić information content (AvgIpc) is 2.84. The molecule has 0 fully saturated rings. The molecule has 0 N–H and O–H groups in total. The molecule has 17 heavy (non-hydrogen) atoms. The summed E-state index contributed by atoms with van der Waals surface area (Å²) in [6, 6.07) is 1.99. The van der Waals surface area contributed by atoms with Gasteiger partial charge in [-0.25, -0.2) is 9.78 Å². The molecule has 0 aliphatic heterocycles. The third kappa shape index (κ3) is 2.24. The van der Waals surface area contributed by atoms with Gasteiger partial charge in [-0.2, -0.15) is 0 Å². The first-order valence-electron chi connectivity index (χ1n) is 5.32. The Balaban J connectivity index is 2.37. The van der Waals surface area contributed by atoms with E-state index in [0.29, 0.717) is 18.2 Å². The maximum absolute atomic E-state index is 11.6. The van der Waals surface area contributed by atoms with Crippen molar-refractivity contribution in [1.82, 2.24) is 4.98 Å². The molecule has 0 aromatic carbocycles. The highest BCUT2D eigenvalue weighted by atomic mass is 32.1. The van der Waals surface area contributed by atoms with Crippen molar-refractivity contribution in [2.45, 2.75) is 20.8 Å². The van der Waals surface area contributed by atoms with E-state index in [9.17, 15) is 4.79 Å². The third-order valence-corrected chi connectivity index (χ3v) is 3.32. The van der Waals surface area contributed by atoms with Crippen LogP contribution >= 0.6 is 11.3 Å². The molecule has 0 saturated carbocycles. The zero-order valence-electron chi connectivity index (χ0n) is 9.94. The van der Waals surface area contributed by atoms with E-state index in [1.165, 1.54) is 0 Å². The van der Waals surface area contributed by atoms with Crippen molar-refractivity contribution in [3.63, 3.8) is 0 Å². The first-order chi connectivity index (χ1) is 8.13. The topological polar surface area (TPSA) is 52.3 Å². The number of hydrogen-bond donors (Lipinski definition) is 0. The largest absolute Gasteiger partial charge is 0.460 e. The molecule has 0 unspecified atom stereocenters. The molecule has 0 radical (unpaired) electrons. The Morgan fingerprint density at radius 2 is 2.29 bits per heavy atom. The summed E-state index contributed by atoms with van der Waals surface area (Å²) in [7, 11) is 0. The fraction of sp³-hybridized carbons (Fsp3) is 0.333. The Kier molecular flexibility index (Phi) is 3.28. The summed E-state index contributed by atoms with van der Waals surface area (Å²) in [5.41, 5.74) is 1.65. The maximum Gasteiger partial charge on any atom is 0.376 e. The van der Waals surface area contributed by atoms with Crippen molar-refractivity contribution >= 4 is 17.3 Å². The molecular formula is C12H13NO3S. The lowest BCUT2D eigenvalue weighted by atomic mass is 10.3. The number of hydrogen-bond acceptors (Lipinski definition) is 5. The van der Waals surface area contributed by atoms with E-state index in [2.05, 4.69) is 4.98 Å². The number of thiophene rings is 1. The summed E-state index contributed by atoms with van der Waals surface area (Å²) in [5.74, 6) is 0.214. The number of ether oxygens (including phenoxy) is 1. The number of esters is 1. The van der Waals surface area contributed by atoms with Crippen LogP contribution in [0.4, 0.5) is 0 Å². The van der Waals surface area contributed by atoms with Crippen LogP contribution in [0.15, 0.2) is 15.9 Å². The molecule has 0 bridgehead atoms. The van der Waals surface area contributed by atoms with Crippen molar-refractivity contribution < 1.29 is 13.9 Å². The highest BCUT2D eigenvalue weighted by molar-refractivity contribution is 7.13. The predicted octanol–water partition coefficient (Wildman–Crippen LogP) is 3.20. The SMILES string of the molecule is CCOC(=O)c1oc(-c2sccc2C)nc1C. The number of carbonyl (C=O) groups is 1. The summed E-state index contributed by atoms with van der Waals surface area (Å²) in [6.45, 7) is 5.80. The quantitative estimate of drug-likeness (QED) is 0.786. The van der Waals surface area contributed by atoms with Crippen LogP contribution in [0, 0.1) is 13.8 Å². The molecule has 5 heteroatoms. The second-order valence-electron chi connectivity index (χ2n) is 3.59. The van der Waals surface area contributed by atoms with Crippen LogP contribution < -0.4 is 0 Å². The monoisotopic (exact) mass is 251 g/mol. The van der Waals surface area contributed by atoms with Crippen molar-refractivity contribution in [2.75, 3.05) is 6.61 Å². The van der Waals surface area contributed by atoms with Crippen LogP contribution in [0.1, 0.15) is 28.7 Å². The predicted molar refractivity (Wildman–Crippen MR) is 65.2 cm³/mol. The molecule has 0 aliphatic carbocycles. The van der Waals surface area contributed by atoms with E-state index >= 15 is 0 Å². The molecule has 2 aromatic heterocycles. The lowest BCUT2D eigenvalue weighted by Crippen LogP contribution is -2.04. The van der Waals surface area contributed by atoms with Gasteiger partial charge in [0.05, 0.1) is 17.2 Å². The summed E-state index contributed by atoms with van der Waals surface area (Å²) in [4.78, 5) is 16.8. The number of oxazole rings is 1. The van der Waals surface area contributed by atoms with Gasteiger partial charge in [-0.15, -0.1) is 11.3 Å². The lowest BCUT2D eigenvalue weighted by molar-refractivity contribution is 0.0490. The summed E-state index contributed by atoms with van der Waals surface area (Å²) in [6.07, 6.45) is 0. The molecule has 90 valence electrons. The third-order valence-electron chi connectivity index (χ3n) is 2.31. The molecule has 0 amide bonds. The molecular weight excluding hydrogens is 238 g/mol. The normalized spacial score (nSPS) is 10.5. The summed E-state index contributed by atoms with van der Waals surface area (Å²) >= 11 is 1.54. The van der Waals surface area contributed by atoms with E-state index in [0.717, 1.165) is 10.4 Å². The Morgan fingerprint density at radius 3 is 2.88 bits per heavy atom. The van der Waals surface area contributed by atoms with Gasteiger partial charge in [-0.05, 0) is 37.8 Å². The Morgan fingerprint density at radius 1 is 1.53 bits per heavy atom. The Labute approximate surface area is 103 Å². The van der Waals surface area contributed by atoms with Gasteiger partial charge in [-0.1, -0.05) is 0 Å². The number of aromatic nitrogens is 1. The second-order valence-corrected chi connectivity index (χ2v) is 4.50. The minimum Gasteiger partial charge on any atom is -0.460 e. The fourth-order valence-electron chi connectivity index (χ4n) is 1.47. The Hall–Kier alpha value is -1.62. The van der Waals surface area contributed by atoms with E-state index in [-0.39, 0.29) is 5.76 Å². The minimum absolute atomic E-state index is 0.189. The number of carbonyl (C=O) groups excluding carboxylic acids is 1. The smallest absolute Gasteiger partial charge is 0.376 e. The van der Waals surface area contributed by atoms with Crippen LogP contribution in [-0.4, -0.2) is 17.6 Å². The van der Waals surface area contributed by atoms with Gasteiger partial charge in [0.1, 0.15) is 0 Å². The van der Waals surface area contributed by atoms with Crippen LogP contribution in [0.2, 0.25) is 0 Å². The lowest BCUT2D eigenvalue weighted by Gasteiger charge is -1.97. The zero-order valence-corrected chi connectivity index (χ0v) is 10.8.